The number of fused-ring (bicyclic) bond motifs is 1. The number of hydrogen-bond donors (Lipinski definition) is 2. The molecular weight excluding hydrogens is 452 g/mol. The fraction of sp³-hybridized carbons (Fsp3) is 0.429. The van der Waals surface area contributed by atoms with Crippen LogP contribution in [0.4, 0.5) is 11.7 Å². The Hall–Kier alpha value is -3.68. The summed E-state index contributed by atoms with van der Waals surface area (Å²) < 4.78 is 6.07. The number of amides is 1. The van der Waals surface area contributed by atoms with Crippen LogP contribution < -0.4 is 10.3 Å². The van der Waals surface area contributed by atoms with Gasteiger partial charge >= 0.3 is 0 Å². The molecule has 1 aliphatic rings. The standard InChI is InChI=1S/C26H32N6O2.C2H6/c1-4-5-20-7-9-24-23(17-20)29-26(34-24)31-13-10-19(3)32(15-14-31)25(33)21-16-18(2)6-8-22(21)30-28-12-11-27;1-2/h6-9,11-12,16-17,19,27,30H,4-5,10,13-15H2,1-3H3;1-2H3/b27-11?,28-12-;/t19-;/m1./s1. The minimum Gasteiger partial charge on any atom is -0.423 e. The fourth-order valence-corrected chi connectivity index (χ4v) is 4.32. The summed E-state index contributed by atoms with van der Waals surface area (Å²) >= 11 is 0. The van der Waals surface area contributed by atoms with E-state index in [0.717, 1.165) is 48.7 Å². The van der Waals surface area contributed by atoms with Crippen molar-refractivity contribution in [1.29, 1.82) is 5.41 Å². The summed E-state index contributed by atoms with van der Waals surface area (Å²) in [5.41, 5.74) is 8.04. The molecule has 0 radical (unpaired) electrons. The van der Waals surface area contributed by atoms with Gasteiger partial charge < -0.3 is 19.6 Å². The van der Waals surface area contributed by atoms with Gasteiger partial charge in [0, 0.05) is 31.9 Å². The molecule has 1 aliphatic heterocycles. The lowest BCUT2D eigenvalue weighted by atomic mass is 10.1. The number of oxazole rings is 1. The van der Waals surface area contributed by atoms with Crippen LogP contribution in [-0.4, -0.2) is 53.9 Å². The minimum atomic E-state index is -0.0348. The Morgan fingerprint density at radius 2 is 2.03 bits per heavy atom. The molecule has 2 N–H and O–H groups in total. The van der Waals surface area contributed by atoms with Crippen molar-refractivity contribution in [3.63, 3.8) is 0 Å². The van der Waals surface area contributed by atoms with Crippen molar-refractivity contribution in [3.05, 3.63) is 53.1 Å². The SMILES string of the molecule is CC.CCCc1ccc2oc(N3CC[C@@H](C)N(C(=O)c4cc(C)ccc4N/N=C\C=N)CC3)nc2c1. The van der Waals surface area contributed by atoms with Gasteiger partial charge in [-0.2, -0.15) is 10.1 Å². The third-order valence-corrected chi connectivity index (χ3v) is 6.21. The van der Waals surface area contributed by atoms with E-state index in [1.54, 1.807) is 0 Å². The van der Waals surface area contributed by atoms with E-state index in [9.17, 15) is 4.79 Å². The highest BCUT2D eigenvalue weighted by molar-refractivity contribution is 6.14. The molecule has 192 valence electrons. The normalized spacial score (nSPS) is 16.0. The van der Waals surface area contributed by atoms with E-state index >= 15 is 0 Å². The number of aryl methyl sites for hydroxylation is 2. The van der Waals surface area contributed by atoms with Crippen LogP contribution in [0.3, 0.4) is 0 Å². The van der Waals surface area contributed by atoms with E-state index < -0.39 is 0 Å². The molecule has 0 aliphatic carbocycles. The highest BCUT2D eigenvalue weighted by atomic mass is 16.4. The van der Waals surface area contributed by atoms with Gasteiger partial charge in [0.25, 0.3) is 11.9 Å². The van der Waals surface area contributed by atoms with Crippen molar-refractivity contribution in [1.82, 2.24) is 9.88 Å². The van der Waals surface area contributed by atoms with E-state index in [-0.39, 0.29) is 11.9 Å². The quantitative estimate of drug-likeness (QED) is 0.317. The van der Waals surface area contributed by atoms with Gasteiger partial charge in [0.05, 0.1) is 17.5 Å². The molecule has 0 unspecified atom stereocenters. The molecular formula is C28H38N6O2. The van der Waals surface area contributed by atoms with Gasteiger partial charge in [-0.15, -0.1) is 0 Å². The maximum Gasteiger partial charge on any atom is 0.298 e. The van der Waals surface area contributed by atoms with Crippen LogP contribution in [0, 0.1) is 12.3 Å². The lowest BCUT2D eigenvalue weighted by Crippen LogP contribution is -2.40. The number of nitrogens with one attached hydrogen (secondary N) is 2. The highest BCUT2D eigenvalue weighted by Crippen LogP contribution is 2.27. The van der Waals surface area contributed by atoms with Gasteiger partial charge in [-0.25, -0.2) is 0 Å². The topological polar surface area (TPSA) is 97.8 Å². The molecule has 1 fully saturated rings. The summed E-state index contributed by atoms with van der Waals surface area (Å²) in [6.07, 6.45) is 5.36. The first-order chi connectivity index (χ1) is 17.5. The third kappa shape index (κ3) is 6.30. The lowest BCUT2D eigenvalue weighted by molar-refractivity contribution is 0.0706. The predicted molar refractivity (Wildman–Crippen MR) is 149 cm³/mol. The number of rotatable bonds is 7. The molecule has 2 aromatic carbocycles. The van der Waals surface area contributed by atoms with Gasteiger partial charge in [0.15, 0.2) is 5.58 Å². The number of hydrazone groups is 1. The van der Waals surface area contributed by atoms with Gasteiger partial charge in [0.1, 0.15) is 5.52 Å². The molecule has 1 amide bonds. The first kappa shape index (κ1) is 26.9. The number of carbonyl (C=O) groups excluding carboxylic acids is 1. The second-order valence-corrected chi connectivity index (χ2v) is 8.78. The number of benzene rings is 2. The number of aromatic nitrogens is 1. The number of hydrogen-bond acceptors (Lipinski definition) is 7. The average Bonchev–Trinajstić information content (AvgIpc) is 3.21. The van der Waals surface area contributed by atoms with Crippen LogP contribution in [0.2, 0.25) is 0 Å². The first-order valence-electron chi connectivity index (χ1n) is 12.8. The van der Waals surface area contributed by atoms with Crippen molar-refractivity contribution in [2.75, 3.05) is 30.0 Å². The van der Waals surface area contributed by atoms with Crippen LogP contribution in [0.25, 0.3) is 11.1 Å². The predicted octanol–water partition coefficient (Wildman–Crippen LogP) is 5.90. The Balaban J connectivity index is 0.00000176. The monoisotopic (exact) mass is 490 g/mol. The summed E-state index contributed by atoms with van der Waals surface area (Å²) in [4.78, 5) is 22.4. The molecule has 8 nitrogen and oxygen atoms in total. The van der Waals surface area contributed by atoms with Crippen molar-refractivity contribution >= 4 is 41.1 Å². The van der Waals surface area contributed by atoms with Crippen LogP contribution >= 0.6 is 0 Å². The van der Waals surface area contributed by atoms with E-state index in [0.29, 0.717) is 30.4 Å². The van der Waals surface area contributed by atoms with E-state index in [1.165, 1.54) is 11.8 Å². The molecule has 8 heteroatoms. The molecule has 4 rings (SSSR count). The van der Waals surface area contributed by atoms with Gasteiger partial charge in [-0.3, -0.25) is 10.2 Å². The van der Waals surface area contributed by atoms with Crippen molar-refractivity contribution in [2.24, 2.45) is 5.10 Å². The molecule has 0 saturated carbocycles. The Morgan fingerprint density at radius 1 is 1.22 bits per heavy atom. The zero-order valence-corrected chi connectivity index (χ0v) is 22.0. The van der Waals surface area contributed by atoms with E-state index in [4.69, 9.17) is 14.8 Å². The Morgan fingerprint density at radius 3 is 2.78 bits per heavy atom. The zero-order chi connectivity index (χ0) is 26.1. The highest BCUT2D eigenvalue weighted by Gasteiger charge is 2.28. The molecule has 0 bridgehead atoms. The number of carbonyl (C=O) groups is 1. The molecule has 0 spiro atoms. The van der Waals surface area contributed by atoms with E-state index in [2.05, 4.69) is 41.4 Å². The molecule has 1 atom stereocenters. The van der Waals surface area contributed by atoms with Gasteiger partial charge in [-0.1, -0.05) is 44.9 Å². The summed E-state index contributed by atoms with van der Waals surface area (Å²) in [5.74, 6) is -0.0348. The molecule has 1 aromatic heterocycles. The summed E-state index contributed by atoms with van der Waals surface area (Å²) in [6.45, 7) is 12.2. The molecule has 2 heterocycles. The third-order valence-electron chi connectivity index (χ3n) is 6.21. The smallest absolute Gasteiger partial charge is 0.298 e. The van der Waals surface area contributed by atoms with E-state index in [1.807, 2.05) is 49.9 Å². The second kappa shape index (κ2) is 12.9. The summed E-state index contributed by atoms with van der Waals surface area (Å²) in [7, 11) is 0. The number of nitrogens with zero attached hydrogens (tertiary/aromatic N) is 4. The van der Waals surface area contributed by atoms with Crippen molar-refractivity contribution in [3.8, 4) is 0 Å². The van der Waals surface area contributed by atoms with Crippen LogP contribution in [-0.2, 0) is 6.42 Å². The summed E-state index contributed by atoms with van der Waals surface area (Å²) in [6, 6.07) is 12.6. The Kier molecular flexibility index (Phi) is 9.61. The van der Waals surface area contributed by atoms with Crippen molar-refractivity contribution < 1.29 is 9.21 Å². The first-order valence-corrected chi connectivity index (χ1v) is 12.8. The van der Waals surface area contributed by atoms with Crippen LogP contribution in [0.15, 0.2) is 45.9 Å². The largest absolute Gasteiger partial charge is 0.423 e. The molecule has 3 aromatic rings. The molecule has 1 saturated heterocycles. The zero-order valence-electron chi connectivity index (χ0n) is 22.0. The Bertz CT molecular complexity index is 1200. The minimum absolute atomic E-state index is 0.0348. The fourth-order valence-electron chi connectivity index (χ4n) is 4.32. The number of anilines is 2. The Labute approximate surface area is 213 Å². The molecule has 36 heavy (non-hydrogen) atoms. The maximum atomic E-state index is 13.6. The summed E-state index contributed by atoms with van der Waals surface area (Å²) in [5, 5.41) is 11.1. The maximum absolute atomic E-state index is 13.6. The average molecular weight is 491 g/mol. The van der Waals surface area contributed by atoms with Crippen LogP contribution in [0.5, 0.6) is 0 Å². The second-order valence-electron chi connectivity index (χ2n) is 8.78. The van der Waals surface area contributed by atoms with Crippen molar-refractivity contribution in [2.45, 2.75) is 59.9 Å². The van der Waals surface area contributed by atoms with Gasteiger partial charge in [0.2, 0.25) is 0 Å². The lowest BCUT2D eigenvalue weighted by Gasteiger charge is -2.27. The van der Waals surface area contributed by atoms with Gasteiger partial charge in [-0.05, 0) is 56.5 Å². The van der Waals surface area contributed by atoms with Crippen LogP contribution in [0.1, 0.15) is 62.0 Å².